The van der Waals surface area contributed by atoms with E-state index in [0.29, 0.717) is 23.8 Å². The van der Waals surface area contributed by atoms with E-state index >= 15 is 0 Å². The van der Waals surface area contributed by atoms with Crippen molar-refractivity contribution in [3.63, 3.8) is 0 Å². The molecule has 0 aromatic carbocycles. The normalized spacial score (nSPS) is 36.1. The van der Waals surface area contributed by atoms with Crippen LogP contribution in [0.4, 0.5) is 0 Å². The summed E-state index contributed by atoms with van der Waals surface area (Å²) in [6.07, 6.45) is 8.65. The Morgan fingerprint density at radius 1 is 1.00 bits per heavy atom. The maximum absolute atomic E-state index is 12.5. The molecule has 0 aromatic rings. The molecule has 0 N–H and O–H groups in total. The molecule has 1 saturated heterocycles. The van der Waals surface area contributed by atoms with Crippen LogP contribution in [0.1, 0.15) is 58.8 Å². The van der Waals surface area contributed by atoms with Crippen molar-refractivity contribution < 1.29 is 4.79 Å². The number of rotatable bonds is 1. The summed E-state index contributed by atoms with van der Waals surface area (Å²) in [6.45, 7) is 5.48. The lowest BCUT2D eigenvalue weighted by Gasteiger charge is -2.38. The van der Waals surface area contributed by atoms with Crippen LogP contribution in [-0.2, 0) is 4.79 Å². The number of likely N-dealkylation sites (tertiary alicyclic amines) is 1. The van der Waals surface area contributed by atoms with Gasteiger partial charge >= 0.3 is 0 Å². The van der Waals surface area contributed by atoms with Crippen LogP contribution in [-0.4, -0.2) is 23.4 Å². The average Bonchev–Trinajstić information content (AvgIpc) is 2.29. The molecule has 3 unspecified atom stereocenters. The Bertz CT molecular complexity index is 227. The van der Waals surface area contributed by atoms with E-state index in [-0.39, 0.29) is 0 Å². The minimum absolute atomic E-state index is 0.328. The molecule has 1 saturated carbocycles. The van der Waals surface area contributed by atoms with Gasteiger partial charge in [-0.05, 0) is 44.9 Å². The first-order chi connectivity index (χ1) is 7.70. The number of nitrogens with zero attached hydrogens (tertiary/aromatic N) is 1. The molecule has 2 heteroatoms. The molecule has 0 aromatic heterocycles. The Morgan fingerprint density at radius 2 is 1.69 bits per heavy atom. The van der Waals surface area contributed by atoms with Crippen LogP contribution in [0.3, 0.4) is 0 Å². The van der Waals surface area contributed by atoms with Gasteiger partial charge in [0.1, 0.15) is 0 Å². The van der Waals surface area contributed by atoms with Gasteiger partial charge in [0, 0.05) is 18.5 Å². The predicted octanol–water partition coefficient (Wildman–Crippen LogP) is 3.21. The lowest BCUT2D eigenvalue weighted by molar-refractivity contribution is -0.141. The van der Waals surface area contributed by atoms with Crippen LogP contribution in [0.25, 0.3) is 0 Å². The molecule has 2 nitrogen and oxygen atoms in total. The van der Waals surface area contributed by atoms with Crippen LogP contribution >= 0.6 is 0 Å². The van der Waals surface area contributed by atoms with Gasteiger partial charge in [0.25, 0.3) is 0 Å². The number of amides is 1. The van der Waals surface area contributed by atoms with Crippen LogP contribution in [0.15, 0.2) is 0 Å². The average molecular weight is 223 g/mol. The maximum Gasteiger partial charge on any atom is 0.226 e. The van der Waals surface area contributed by atoms with Crippen molar-refractivity contribution >= 4 is 5.91 Å². The van der Waals surface area contributed by atoms with Crippen LogP contribution in [0, 0.1) is 11.8 Å². The van der Waals surface area contributed by atoms with Crippen molar-refractivity contribution in [1.82, 2.24) is 4.90 Å². The Kier molecular flexibility index (Phi) is 3.88. The Morgan fingerprint density at radius 3 is 2.38 bits per heavy atom. The lowest BCUT2D eigenvalue weighted by Crippen LogP contribution is -2.46. The summed E-state index contributed by atoms with van der Waals surface area (Å²) in [6, 6.07) is 0.482. The molecular weight excluding hydrogens is 198 g/mol. The van der Waals surface area contributed by atoms with Crippen molar-refractivity contribution in [2.24, 2.45) is 11.8 Å². The van der Waals surface area contributed by atoms with Crippen molar-refractivity contribution in [3.05, 3.63) is 0 Å². The first kappa shape index (κ1) is 11.9. The Hall–Kier alpha value is -0.530. The number of hydrogen-bond acceptors (Lipinski definition) is 1. The van der Waals surface area contributed by atoms with Gasteiger partial charge in [-0.15, -0.1) is 0 Å². The van der Waals surface area contributed by atoms with E-state index in [4.69, 9.17) is 0 Å². The van der Waals surface area contributed by atoms with Gasteiger partial charge in [-0.1, -0.05) is 19.8 Å². The third kappa shape index (κ3) is 2.41. The molecule has 0 bridgehead atoms. The van der Waals surface area contributed by atoms with Crippen molar-refractivity contribution in [2.75, 3.05) is 6.54 Å². The predicted molar refractivity (Wildman–Crippen MR) is 66.1 cm³/mol. The molecule has 1 aliphatic carbocycles. The number of piperidine rings is 1. The lowest BCUT2D eigenvalue weighted by atomic mass is 9.79. The zero-order valence-corrected chi connectivity index (χ0v) is 10.7. The summed E-state index contributed by atoms with van der Waals surface area (Å²) in [4.78, 5) is 14.7. The fourth-order valence-corrected chi connectivity index (χ4v) is 3.32. The monoisotopic (exact) mass is 223 g/mol. The third-order valence-electron chi connectivity index (χ3n) is 4.51. The standard InChI is InChI=1S/C14H25NO/c1-11-7-3-4-9-13(11)14(16)15-10-6-5-8-12(15)2/h11-13H,3-10H2,1-2H3. The van der Waals surface area contributed by atoms with E-state index in [0.717, 1.165) is 13.0 Å². The molecule has 1 amide bonds. The topological polar surface area (TPSA) is 20.3 Å². The maximum atomic E-state index is 12.5. The third-order valence-corrected chi connectivity index (χ3v) is 4.51. The zero-order valence-electron chi connectivity index (χ0n) is 10.7. The highest BCUT2D eigenvalue weighted by molar-refractivity contribution is 5.79. The fraction of sp³-hybridized carbons (Fsp3) is 0.929. The van der Waals surface area contributed by atoms with E-state index < -0.39 is 0 Å². The highest BCUT2D eigenvalue weighted by Crippen LogP contribution is 2.32. The van der Waals surface area contributed by atoms with Gasteiger partial charge in [0.05, 0.1) is 0 Å². The Labute approximate surface area is 99.4 Å². The first-order valence-electron chi connectivity index (χ1n) is 7.00. The highest BCUT2D eigenvalue weighted by atomic mass is 16.2. The molecule has 2 aliphatic rings. The second-order valence-corrected chi connectivity index (χ2v) is 5.74. The summed E-state index contributed by atoms with van der Waals surface area (Å²) in [5.41, 5.74) is 0. The van der Waals surface area contributed by atoms with Gasteiger partial charge in [0.15, 0.2) is 0 Å². The molecule has 3 atom stereocenters. The van der Waals surface area contributed by atoms with Crippen molar-refractivity contribution in [3.8, 4) is 0 Å². The molecule has 16 heavy (non-hydrogen) atoms. The molecule has 0 radical (unpaired) electrons. The van der Waals surface area contributed by atoms with Crippen LogP contribution < -0.4 is 0 Å². The number of carbonyl (C=O) groups is 1. The molecule has 2 fully saturated rings. The molecule has 92 valence electrons. The summed E-state index contributed by atoms with van der Waals surface area (Å²) in [5, 5.41) is 0. The molecule has 1 heterocycles. The zero-order chi connectivity index (χ0) is 11.5. The van der Waals surface area contributed by atoms with Gasteiger partial charge in [-0.25, -0.2) is 0 Å². The van der Waals surface area contributed by atoms with E-state index in [2.05, 4.69) is 18.7 Å². The van der Waals surface area contributed by atoms with Crippen molar-refractivity contribution in [1.29, 1.82) is 0 Å². The summed E-state index contributed by atoms with van der Waals surface area (Å²) in [7, 11) is 0. The molecule has 0 spiro atoms. The molecule has 1 aliphatic heterocycles. The van der Waals surface area contributed by atoms with Gasteiger partial charge in [0.2, 0.25) is 5.91 Å². The second kappa shape index (κ2) is 5.20. The van der Waals surface area contributed by atoms with Crippen LogP contribution in [0.2, 0.25) is 0 Å². The molecule has 2 rings (SSSR count). The number of carbonyl (C=O) groups excluding carboxylic acids is 1. The Balaban J connectivity index is 1.99. The van der Waals surface area contributed by atoms with Gasteiger partial charge in [-0.3, -0.25) is 4.79 Å². The van der Waals surface area contributed by atoms with E-state index in [9.17, 15) is 4.79 Å². The quantitative estimate of drug-likeness (QED) is 0.668. The van der Waals surface area contributed by atoms with E-state index in [1.807, 2.05) is 0 Å². The molecular formula is C14H25NO. The highest BCUT2D eigenvalue weighted by Gasteiger charge is 2.33. The van der Waals surface area contributed by atoms with E-state index in [1.165, 1.54) is 38.5 Å². The summed E-state index contributed by atoms with van der Waals surface area (Å²) >= 11 is 0. The summed E-state index contributed by atoms with van der Waals surface area (Å²) < 4.78 is 0. The van der Waals surface area contributed by atoms with Crippen molar-refractivity contribution in [2.45, 2.75) is 64.8 Å². The fourth-order valence-electron chi connectivity index (χ4n) is 3.32. The first-order valence-corrected chi connectivity index (χ1v) is 7.00. The van der Waals surface area contributed by atoms with E-state index in [1.54, 1.807) is 0 Å². The van der Waals surface area contributed by atoms with Gasteiger partial charge in [-0.2, -0.15) is 0 Å². The second-order valence-electron chi connectivity index (χ2n) is 5.74. The summed E-state index contributed by atoms with van der Waals surface area (Å²) in [5.74, 6) is 1.39. The van der Waals surface area contributed by atoms with Crippen LogP contribution in [0.5, 0.6) is 0 Å². The SMILES string of the molecule is CC1CCCCC1C(=O)N1CCCCC1C. The smallest absolute Gasteiger partial charge is 0.226 e. The number of hydrogen-bond donors (Lipinski definition) is 0. The minimum atomic E-state index is 0.328. The minimum Gasteiger partial charge on any atom is -0.340 e. The van der Waals surface area contributed by atoms with Gasteiger partial charge < -0.3 is 4.90 Å². The largest absolute Gasteiger partial charge is 0.340 e.